The zero-order valence-corrected chi connectivity index (χ0v) is 13.4. The van der Waals surface area contributed by atoms with Crippen molar-refractivity contribution >= 4 is 5.69 Å². The van der Waals surface area contributed by atoms with E-state index in [2.05, 4.69) is 16.3 Å². The molecule has 1 aliphatic carbocycles. The summed E-state index contributed by atoms with van der Waals surface area (Å²) in [6.07, 6.45) is 6.03. The number of hydrogen-bond donors (Lipinski definition) is 1. The lowest BCUT2D eigenvalue weighted by molar-refractivity contribution is -0.0864. The first kappa shape index (κ1) is 14.8. The lowest BCUT2D eigenvalue weighted by atomic mass is 9.78. The van der Waals surface area contributed by atoms with E-state index in [1.807, 2.05) is 18.2 Å². The van der Waals surface area contributed by atoms with Crippen molar-refractivity contribution in [3.05, 3.63) is 23.8 Å². The van der Waals surface area contributed by atoms with Gasteiger partial charge in [-0.1, -0.05) is 19.3 Å². The minimum Gasteiger partial charge on any atom is -0.470 e. The second kappa shape index (κ2) is 6.03. The summed E-state index contributed by atoms with van der Waals surface area (Å²) in [7, 11) is 0. The molecule has 0 aromatic heterocycles. The highest BCUT2D eigenvalue weighted by Crippen LogP contribution is 2.44. The van der Waals surface area contributed by atoms with Crippen LogP contribution in [0.4, 0.5) is 5.69 Å². The summed E-state index contributed by atoms with van der Waals surface area (Å²) in [6.45, 7) is 3.38. The fraction of sp³-hybridized carbons (Fsp3) is 0.611. The van der Waals surface area contributed by atoms with Crippen LogP contribution in [0.1, 0.15) is 37.7 Å². The van der Waals surface area contributed by atoms with Crippen molar-refractivity contribution in [2.45, 2.75) is 43.9 Å². The Bertz CT molecular complexity index is 613. The average Bonchev–Trinajstić information content (AvgIpc) is 2.62. The molecular weight excluding hydrogens is 290 g/mol. The number of benzene rings is 1. The topological polar surface area (TPSA) is 57.5 Å². The van der Waals surface area contributed by atoms with Crippen molar-refractivity contribution in [3.63, 3.8) is 0 Å². The van der Waals surface area contributed by atoms with E-state index in [-0.39, 0.29) is 11.8 Å². The normalized spacial score (nSPS) is 26.7. The predicted octanol–water partition coefficient (Wildman–Crippen LogP) is 2.72. The number of rotatable bonds is 1. The molecule has 2 fully saturated rings. The van der Waals surface area contributed by atoms with Crippen molar-refractivity contribution in [1.29, 1.82) is 5.26 Å². The van der Waals surface area contributed by atoms with Crippen LogP contribution in [0.3, 0.4) is 0 Å². The summed E-state index contributed by atoms with van der Waals surface area (Å²) in [5, 5.41) is 12.9. The molecule has 1 unspecified atom stereocenters. The van der Waals surface area contributed by atoms with E-state index in [1.54, 1.807) is 0 Å². The maximum atomic E-state index is 9.16. The van der Waals surface area contributed by atoms with Gasteiger partial charge in [-0.25, -0.2) is 0 Å². The number of morpholine rings is 1. The molecule has 1 saturated carbocycles. The maximum absolute atomic E-state index is 9.16. The van der Waals surface area contributed by atoms with Gasteiger partial charge in [-0.05, 0) is 31.0 Å². The van der Waals surface area contributed by atoms with Gasteiger partial charge in [-0.15, -0.1) is 0 Å². The van der Waals surface area contributed by atoms with E-state index >= 15 is 0 Å². The molecule has 1 aromatic carbocycles. The minimum atomic E-state index is -0.0450. The highest BCUT2D eigenvalue weighted by molar-refractivity contribution is 5.63. The fourth-order valence-corrected chi connectivity index (χ4v) is 4.15. The summed E-state index contributed by atoms with van der Waals surface area (Å²) < 4.78 is 12.0. The van der Waals surface area contributed by atoms with Gasteiger partial charge in [-0.3, -0.25) is 4.90 Å². The number of hydrogen-bond acceptors (Lipinski definition) is 5. The lowest BCUT2D eigenvalue weighted by Gasteiger charge is -2.52. The Morgan fingerprint density at radius 3 is 2.70 bits per heavy atom. The predicted molar refractivity (Wildman–Crippen MR) is 87.4 cm³/mol. The Hall–Kier alpha value is -1.77. The third kappa shape index (κ3) is 2.66. The van der Waals surface area contributed by atoms with E-state index in [4.69, 9.17) is 14.7 Å². The maximum Gasteiger partial charge on any atom is 0.176 e. The summed E-state index contributed by atoms with van der Waals surface area (Å²) in [5.74, 6) is 0.858. The molecule has 1 aromatic rings. The van der Waals surface area contributed by atoms with Crippen LogP contribution in [0, 0.1) is 11.3 Å². The van der Waals surface area contributed by atoms with E-state index < -0.39 is 0 Å². The van der Waals surface area contributed by atoms with E-state index in [1.165, 1.54) is 19.3 Å². The van der Waals surface area contributed by atoms with Crippen LogP contribution in [-0.4, -0.2) is 43.0 Å². The van der Waals surface area contributed by atoms with Crippen LogP contribution < -0.4 is 10.1 Å². The molecule has 4 rings (SSSR count). The van der Waals surface area contributed by atoms with Crippen LogP contribution in [0.25, 0.3) is 0 Å². The van der Waals surface area contributed by atoms with E-state index in [0.717, 1.165) is 50.6 Å². The fourth-order valence-electron chi connectivity index (χ4n) is 4.15. The first-order chi connectivity index (χ1) is 11.3. The molecule has 1 atom stereocenters. The molecule has 1 saturated heterocycles. The van der Waals surface area contributed by atoms with Crippen LogP contribution in [-0.2, 0) is 4.74 Å². The van der Waals surface area contributed by atoms with Crippen LogP contribution in [0.5, 0.6) is 5.75 Å². The van der Waals surface area contributed by atoms with Gasteiger partial charge >= 0.3 is 0 Å². The number of ether oxygens (including phenoxy) is 2. The Balaban J connectivity index is 1.69. The SMILES string of the molecule is N#Cc1ccc2c(c1)NC1(CCCCC1)C(N1CCOCC1)O2. The first-order valence-electron chi connectivity index (χ1n) is 8.62. The molecule has 5 heteroatoms. The minimum absolute atomic E-state index is 0.0450. The molecule has 0 amide bonds. The molecule has 0 radical (unpaired) electrons. The molecule has 23 heavy (non-hydrogen) atoms. The van der Waals surface area contributed by atoms with Gasteiger partial charge < -0.3 is 14.8 Å². The molecule has 2 aliphatic heterocycles. The van der Waals surface area contributed by atoms with Crippen molar-refractivity contribution in [3.8, 4) is 11.8 Å². The lowest BCUT2D eigenvalue weighted by Crippen LogP contribution is -2.64. The molecule has 3 aliphatic rings. The van der Waals surface area contributed by atoms with Crippen LogP contribution in [0.2, 0.25) is 0 Å². The molecule has 0 bridgehead atoms. The van der Waals surface area contributed by atoms with E-state index in [9.17, 15) is 0 Å². The number of nitrogens with zero attached hydrogens (tertiary/aromatic N) is 2. The van der Waals surface area contributed by atoms with Crippen molar-refractivity contribution in [1.82, 2.24) is 4.90 Å². The number of nitriles is 1. The number of anilines is 1. The monoisotopic (exact) mass is 313 g/mol. The Labute approximate surface area is 137 Å². The van der Waals surface area contributed by atoms with Crippen LogP contribution in [0.15, 0.2) is 18.2 Å². The number of nitrogens with one attached hydrogen (secondary N) is 1. The van der Waals surface area contributed by atoms with Gasteiger partial charge in [0, 0.05) is 13.1 Å². The molecule has 1 N–H and O–H groups in total. The van der Waals surface area contributed by atoms with Gasteiger partial charge in [0.25, 0.3) is 0 Å². The van der Waals surface area contributed by atoms with Gasteiger partial charge in [0.15, 0.2) is 6.23 Å². The summed E-state index contributed by atoms with van der Waals surface area (Å²) in [5.41, 5.74) is 1.60. The molecule has 1 spiro atoms. The van der Waals surface area contributed by atoms with E-state index in [0.29, 0.717) is 5.56 Å². The van der Waals surface area contributed by atoms with Crippen molar-refractivity contribution in [2.75, 3.05) is 31.6 Å². The Morgan fingerprint density at radius 1 is 1.17 bits per heavy atom. The average molecular weight is 313 g/mol. The molecule has 2 heterocycles. The van der Waals surface area contributed by atoms with Gasteiger partial charge in [0.1, 0.15) is 5.75 Å². The van der Waals surface area contributed by atoms with Crippen LogP contribution >= 0.6 is 0 Å². The molecule has 5 nitrogen and oxygen atoms in total. The van der Waals surface area contributed by atoms with Gasteiger partial charge in [0.05, 0.1) is 36.1 Å². The Morgan fingerprint density at radius 2 is 1.96 bits per heavy atom. The molecule has 122 valence electrons. The quantitative estimate of drug-likeness (QED) is 0.864. The Kier molecular flexibility index (Phi) is 3.88. The summed E-state index contributed by atoms with van der Waals surface area (Å²) in [4.78, 5) is 2.42. The van der Waals surface area contributed by atoms with Crippen molar-refractivity contribution < 1.29 is 9.47 Å². The third-order valence-corrected chi connectivity index (χ3v) is 5.33. The standard InChI is InChI=1S/C18H23N3O2/c19-13-14-4-5-16-15(12-14)20-18(6-2-1-3-7-18)17(23-16)21-8-10-22-11-9-21/h4-5,12,17,20H,1-3,6-11H2. The zero-order chi connectivity index (χ0) is 15.7. The van der Waals surface area contributed by atoms with Gasteiger partial charge in [0.2, 0.25) is 0 Å². The highest BCUT2D eigenvalue weighted by Gasteiger charge is 2.48. The highest BCUT2D eigenvalue weighted by atomic mass is 16.5. The smallest absolute Gasteiger partial charge is 0.176 e. The molecular formula is C18H23N3O2. The number of fused-ring (bicyclic) bond motifs is 1. The first-order valence-corrected chi connectivity index (χ1v) is 8.62. The second-order valence-corrected chi connectivity index (χ2v) is 6.78. The van der Waals surface area contributed by atoms with Crippen molar-refractivity contribution in [2.24, 2.45) is 0 Å². The largest absolute Gasteiger partial charge is 0.470 e. The third-order valence-electron chi connectivity index (χ3n) is 5.33. The second-order valence-electron chi connectivity index (χ2n) is 6.78. The summed E-state index contributed by atoms with van der Waals surface area (Å²) >= 11 is 0. The van der Waals surface area contributed by atoms with Gasteiger partial charge in [-0.2, -0.15) is 5.26 Å². The zero-order valence-electron chi connectivity index (χ0n) is 13.4. The summed E-state index contributed by atoms with van der Waals surface area (Å²) in [6, 6.07) is 7.89.